The Morgan fingerprint density at radius 1 is 1.47 bits per heavy atom. The van der Waals surface area contributed by atoms with Gasteiger partial charge in [-0.15, -0.1) is 0 Å². The van der Waals surface area contributed by atoms with Crippen LogP contribution in [-0.2, 0) is 0 Å². The first-order valence-electron chi connectivity index (χ1n) is 4.87. The lowest BCUT2D eigenvalue weighted by Crippen LogP contribution is -2.16. The van der Waals surface area contributed by atoms with E-state index in [-0.39, 0.29) is 5.84 Å². The molecular weight excluding hydrogens is 248 g/mol. The molecular formula is C10H13F2N3OS. The van der Waals surface area contributed by atoms with Crippen molar-refractivity contribution in [3.05, 3.63) is 24.3 Å². The zero-order valence-electron chi connectivity index (χ0n) is 8.94. The monoisotopic (exact) mass is 261 g/mol. The third-order valence-electron chi connectivity index (χ3n) is 1.93. The largest absolute Gasteiger partial charge is 0.409 e. The average molecular weight is 261 g/mol. The molecule has 0 heterocycles. The molecule has 0 atom stereocenters. The van der Waals surface area contributed by atoms with E-state index < -0.39 is 5.76 Å². The zero-order chi connectivity index (χ0) is 12.7. The lowest BCUT2D eigenvalue weighted by molar-refractivity contribution is 0.252. The van der Waals surface area contributed by atoms with Crippen LogP contribution in [0.15, 0.2) is 34.3 Å². The van der Waals surface area contributed by atoms with Crippen LogP contribution in [0.4, 0.5) is 14.5 Å². The maximum absolute atomic E-state index is 12.3. The number of nitrogens with two attached hydrogens (primary N) is 1. The summed E-state index contributed by atoms with van der Waals surface area (Å²) in [6.45, 7) is 0.413. The van der Waals surface area contributed by atoms with Crippen LogP contribution in [0, 0.1) is 0 Å². The Hall–Kier alpha value is -1.50. The van der Waals surface area contributed by atoms with Gasteiger partial charge >= 0.3 is 0 Å². The second kappa shape index (κ2) is 6.95. The molecule has 0 radical (unpaired) electrons. The Morgan fingerprint density at radius 3 is 2.82 bits per heavy atom. The van der Waals surface area contributed by atoms with E-state index >= 15 is 0 Å². The smallest absolute Gasteiger partial charge is 0.288 e. The van der Waals surface area contributed by atoms with E-state index in [2.05, 4.69) is 10.5 Å². The first-order chi connectivity index (χ1) is 8.13. The van der Waals surface area contributed by atoms with E-state index in [1.54, 1.807) is 24.3 Å². The number of alkyl halides is 2. The van der Waals surface area contributed by atoms with Crippen LogP contribution in [0.3, 0.4) is 0 Å². The zero-order valence-corrected chi connectivity index (χ0v) is 9.75. The molecule has 0 amide bonds. The van der Waals surface area contributed by atoms with Crippen LogP contribution in [0.1, 0.15) is 6.42 Å². The van der Waals surface area contributed by atoms with Gasteiger partial charge in [0, 0.05) is 23.5 Å². The first-order valence-corrected chi connectivity index (χ1v) is 5.75. The molecule has 1 rings (SSSR count). The third-order valence-corrected chi connectivity index (χ3v) is 2.72. The topological polar surface area (TPSA) is 70.6 Å². The molecule has 0 unspecified atom stereocenters. The van der Waals surface area contributed by atoms with Gasteiger partial charge in [-0.2, -0.15) is 8.78 Å². The van der Waals surface area contributed by atoms with Crippen LogP contribution in [0.25, 0.3) is 0 Å². The van der Waals surface area contributed by atoms with Crippen molar-refractivity contribution in [2.24, 2.45) is 10.9 Å². The molecule has 1 aromatic rings. The van der Waals surface area contributed by atoms with Crippen molar-refractivity contribution in [3.8, 4) is 0 Å². The minimum absolute atomic E-state index is 0.0940. The molecule has 1 aromatic carbocycles. The Bertz CT molecular complexity index is 388. The summed E-state index contributed by atoms with van der Waals surface area (Å²) in [6, 6.07) is 6.76. The van der Waals surface area contributed by atoms with Crippen molar-refractivity contribution in [2.75, 3.05) is 11.9 Å². The number of anilines is 1. The second-order valence-corrected chi connectivity index (χ2v) is 4.17. The van der Waals surface area contributed by atoms with Crippen LogP contribution in [-0.4, -0.2) is 23.3 Å². The minimum Gasteiger partial charge on any atom is -0.409 e. The number of rotatable bonds is 6. The molecule has 4 N–H and O–H groups in total. The summed E-state index contributed by atoms with van der Waals surface area (Å²) in [7, 11) is 0. The van der Waals surface area contributed by atoms with Crippen molar-refractivity contribution in [2.45, 2.75) is 17.1 Å². The van der Waals surface area contributed by atoms with Gasteiger partial charge in [0.1, 0.15) is 5.84 Å². The highest BCUT2D eigenvalue weighted by Gasteiger charge is 2.09. The van der Waals surface area contributed by atoms with Crippen LogP contribution >= 0.6 is 11.8 Å². The van der Waals surface area contributed by atoms with Crippen LogP contribution in [0.2, 0.25) is 0 Å². The number of nitrogens with zero attached hydrogens (tertiary/aromatic N) is 1. The standard InChI is InChI=1S/C10H13F2N3OS/c11-10(12)17-8-4-2-1-3-7(8)14-6-5-9(13)15-16/h1-4,10,14,16H,5-6H2,(H2,13,15). The summed E-state index contributed by atoms with van der Waals surface area (Å²) in [5, 5.41) is 14.1. The quantitative estimate of drug-likeness (QED) is 0.242. The van der Waals surface area contributed by atoms with Crippen molar-refractivity contribution < 1.29 is 14.0 Å². The summed E-state index contributed by atoms with van der Waals surface area (Å²) in [5.41, 5.74) is 5.91. The number of amidine groups is 1. The molecule has 0 spiro atoms. The Labute approximate surface area is 102 Å². The predicted octanol–water partition coefficient (Wildman–Crippen LogP) is 2.55. The highest BCUT2D eigenvalue weighted by atomic mass is 32.2. The number of oxime groups is 1. The molecule has 0 saturated carbocycles. The number of halogens is 2. The van der Waals surface area contributed by atoms with Gasteiger partial charge < -0.3 is 16.3 Å². The maximum Gasteiger partial charge on any atom is 0.288 e. The molecule has 0 saturated heterocycles. The predicted molar refractivity (Wildman–Crippen MR) is 64.8 cm³/mol. The lowest BCUT2D eigenvalue weighted by Gasteiger charge is -2.10. The van der Waals surface area contributed by atoms with Crippen LogP contribution in [0.5, 0.6) is 0 Å². The molecule has 0 bridgehead atoms. The molecule has 0 aromatic heterocycles. The van der Waals surface area contributed by atoms with Gasteiger partial charge in [-0.05, 0) is 12.1 Å². The fraction of sp³-hybridized carbons (Fsp3) is 0.300. The second-order valence-electron chi connectivity index (χ2n) is 3.14. The lowest BCUT2D eigenvalue weighted by atomic mass is 10.3. The summed E-state index contributed by atoms with van der Waals surface area (Å²) in [4.78, 5) is 0.474. The SMILES string of the molecule is NC(CCNc1ccccc1SC(F)F)=NO. The number of para-hydroxylation sites is 1. The molecule has 7 heteroatoms. The Kier molecular flexibility index (Phi) is 5.55. The van der Waals surface area contributed by atoms with Gasteiger partial charge in [-0.1, -0.05) is 29.1 Å². The summed E-state index contributed by atoms with van der Waals surface area (Å²) < 4.78 is 24.5. The van der Waals surface area contributed by atoms with E-state index in [1.807, 2.05) is 0 Å². The van der Waals surface area contributed by atoms with E-state index in [0.717, 1.165) is 0 Å². The summed E-state index contributed by atoms with van der Waals surface area (Å²) in [5.74, 6) is -2.36. The van der Waals surface area contributed by atoms with Gasteiger partial charge in [-0.25, -0.2) is 0 Å². The number of benzene rings is 1. The normalized spacial score (nSPS) is 11.8. The molecule has 94 valence electrons. The fourth-order valence-corrected chi connectivity index (χ4v) is 1.80. The fourth-order valence-electron chi connectivity index (χ4n) is 1.19. The first kappa shape index (κ1) is 13.6. The van der Waals surface area contributed by atoms with E-state index in [9.17, 15) is 8.78 Å². The van der Waals surface area contributed by atoms with E-state index in [1.165, 1.54) is 0 Å². The minimum atomic E-state index is -2.46. The van der Waals surface area contributed by atoms with Crippen molar-refractivity contribution >= 4 is 23.3 Å². The molecule has 0 aliphatic rings. The number of thioether (sulfide) groups is 1. The van der Waals surface area contributed by atoms with Crippen molar-refractivity contribution in [3.63, 3.8) is 0 Å². The molecule has 17 heavy (non-hydrogen) atoms. The number of nitrogens with one attached hydrogen (secondary N) is 1. The number of hydrogen-bond acceptors (Lipinski definition) is 4. The van der Waals surface area contributed by atoms with Crippen molar-refractivity contribution in [1.82, 2.24) is 0 Å². The summed E-state index contributed by atoms with van der Waals surface area (Å²) in [6.07, 6.45) is 0.337. The van der Waals surface area contributed by atoms with Gasteiger partial charge in [0.25, 0.3) is 5.76 Å². The van der Waals surface area contributed by atoms with Gasteiger partial charge in [-0.3, -0.25) is 0 Å². The molecule has 0 aliphatic carbocycles. The average Bonchev–Trinajstić information content (AvgIpc) is 2.30. The molecule has 0 fully saturated rings. The highest BCUT2D eigenvalue weighted by molar-refractivity contribution is 7.99. The van der Waals surface area contributed by atoms with Crippen molar-refractivity contribution in [1.29, 1.82) is 0 Å². The number of hydrogen-bond donors (Lipinski definition) is 3. The van der Waals surface area contributed by atoms with Crippen LogP contribution < -0.4 is 11.1 Å². The Morgan fingerprint density at radius 2 is 2.18 bits per heavy atom. The maximum atomic E-state index is 12.3. The Balaban J connectivity index is 2.57. The summed E-state index contributed by atoms with van der Waals surface area (Å²) >= 11 is 0.483. The third kappa shape index (κ3) is 4.90. The van der Waals surface area contributed by atoms with E-state index in [0.29, 0.717) is 35.3 Å². The van der Waals surface area contributed by atoms with Gasteiger partial charge in [0.05, 0.1) is 0 Å². The van der Waals surface area contributed by atoms with Gasteiger partial charge in [0.2, 0.25) is 0 Å². The molecule has 4 nitrogen and oxygen atoms in total. The molecule has 0 aliphatic heterocycles. The highest BCUT2D eigenvalue weighted by Crippen LogP contribution is 2.31. The van der Waals surface area contributed by atoms with E-state index in [4.69, 9.17) is 10.9 Å². The van der Waals surface area contributed by atoms with Gasteiger partial charge in [0.15, 0.2) is 0 Å².